The molecular weight excluding hydrogens is 1180 g/mol. The van der Waals surface area contributed by atoms with Crippen LogP contribution >= 0.6 is 34.8 Å². The third-order valence-corrected chi connectivity index (χ3v) is 17.2. The maximum Gasteiger partial charge on any atom is 0.238 e. The maximum atomic E-state index is 6.36. The van der Waals surface area contributed by atoms with E-state index in [1.54, 1.807) is 0 Å². The quantitative estimate of drug-likeness (QED) is 0.170. The normalized spacial score (nSPS) is 11.5. The monoisotopic (exact) mass is 1230 g/mol. The van der Waals surface area contributed by atoms with Crippen molar-refractivity contribution in [3.8, 4) is 62.9 Å². The summed E-state index contributed by atoms with van der Waals surface area (Å²) >= 11 is 18.5. The molecule has 0 saturated heterocycles. The summed E-state index contributed by atoms with van der Waals surface area (Å²) in [6.45, 7) is 0. The van der Waals surface area contributed by atoms with Gasteiger partial charge in [-0.25, -0.2) is 9.97 Å². The molecule has 91 heavy (non-hydrogen) atoms. The molecule has 6 aromatic heterocycles. The molecule has 6 heterocycles. The van der Waals surface area contributed by atoms with Crippen molar-refractivity contribution in [3.63, 3.8) is 0 Å². The van der Waals surface area contributed by atoms with E-state index < -0.39 is 0 Å². The van der Waals surface area contributed by atoms with E-state index in [-0.39, 0.29) is 5.28 Å². The van der Waals surface area contributed by atoms with Gasteiger partial charge in [0.1, 0.15) is 0 Å². The van der Waals surface area contributed by atoms with Crippen LogP contribution in [0.4, 0.5) is 0 Å². The van der Waals surface area contributed by atoms with Gasteiger partial charge in [-0.1, -0.05) is 242 Å². The highest BCUT2D eigenvalue weighted by molar-refractivity contribution is 6.31. The number of aromatic amines is 1. The molecule has 0 fully saturated rings. The highest BCUT2D eigenvalue weighted by Crippen LogP contribution is 2.43. The third kappa shape index (κ3) is 10.1. The lowest BCUT2D eigenvalue weighted by Gasteiger charge is -2.13. The molecular formula is C78H49Cl3N10. The van der Waals surface area contributed by atoms with Crippen LogP contribution in [-0.4, -0.2) is 48.6 Å². The van der Waals surface area contributed by atoms with Gasteiger partial charge >= 0.3 is 0 Å². The van der Waals surface area contributed by atoms with E-state index in [9.17, 15) is 0 Å². The van der Waals surface area contributed by atoms with Crippen LogP contribution < -0.4 is 0 Å². The highest BCUT2D eigenvalue weighted by atomic mass is 35.5. The first kappa shape index (κ1) is 55.1. The summed E-state index contributed by atoms with van der Waals surface area (Å²) < 4.78 is 6.87. The van der Waals surface area contributed by atoms with Crippen LogP contribution in [0.15, 0.2) is 291 Å². The fraction of sp³-hybridized carbons (Fsp3) is 0. The molecule has 13 heteroatoms. The highest BCUT2D eigenvalue weighted by Gasteiger charge is 2.24. The molecule has 0 aliphatic rings. The molecule has 0 saturated carbocycles. The molecule has 0 bridgehead atoms. The van der Waals surface area contributed by atoms with E-state index >= 15 is 0 Å². The number of nitrogens with zero attached hydrogens (tertiary/aromatic N) is 9. The largest absolute Gasteiger partial charge is 0.353 e. The topological polar surface area (TPSA) is 108 Å². The van der Waals surface area contributed by atoms with Crippen LogP contribution in [0.2, 0.25) is 15.3 Å². The minimum Gasteiger partial charge on any atom is -0.353 e. The third-order valence-electron chi connectivity index (χ3n) is 16.5. The minimum atomic E-state index is 0.202. The second-order valence-corrected chi connectivity index (χ2v) is 23.1. The Bertz CT molecular complexity index is 5620. The zero-order valence-electron chi connectivity index (χ0n) is 48.4. The summed E-state index contributed by atoms with van der Waals surface area (Å²) in [7, 11) is 0. The number of aromatic nitrogens is 10. The molecule has 0 unspecified atom stereocenters. The molecule has 0 aliphatic heterocycles. The Morgan fingerprint density at radius 1 is 0.253 bits per heavy atom. The predicted molar refractivity (Wildman–Crippen MR) is 375 cm³/mol. The van der Waals surface area contributed by atoms with Crippen molar-refractivity contribution in [2.45, 2.75) is 0 Å². The second-order valence-electron chi connectivity index (χ2n) is 21.9. The molecule has 0 amide bonds. The standard InChI is InChI=1S/C39H24ClN5.C24H15ClN2.C15H10ClN3/c40-27-19-21-28(22-20-27)44-33-17-9-7-15-29(33)31-23-24-32-30-16-8-10-18-34(30)45(36(32)35(31)44)39-42-37(25-11-3-1-4-12-25)41-38(43-39)26-13-5-2-6-14-26;25-15-9-11-16(12-10-15)27-22-8-4-2-6-18(22)20-14-13-19-17-5-1-3-7-21(17)26-23(19)24(20)27;16-15-18-13(11-7-3-1-4-8-11)17-14(19-15)12-9-5-2-6-10-12/h1-24H;1-14,26H;1-10H. The molecule has 0 atom stereocenters. The van der Waals surface area contributed by atoms with Crippen molar-refractivity contribution in [2.75, 3.05) is 0 Å². The van der Waals surface area contributed by atoms with Gasteiger partial charge in [0.15, 0.2) is 23.3 Å². The summed E-state index contributed by atoms with van der Waals surface area (Å²) in [5.74, 6) is 2.97. The first-order valence-corrected chi connectivity index (χ1v) is 30.8. The van der Waals surface area contributed by atoms with Crippen LogP contribution in [0.1, 0.15) is 0 Å². The van der Waals surface area contributed by atoms with Gasteiger partial charge in [-0.15, -0.1) is 0 Å². The van der Waals surface area contributed by atoms with Crippen LogP contribution in [0.3, 0.4) is 0 Å². The lowest BCUT2D eigenvalue weighted by molar-refractivity contribution is 0.953. The van der Waals surface area contributed by atoms with Crippen molar-refractivity contribution in [1.29, 1.82) is 0 Å². The van der Waals surface area contributed by atoms with Gasteiger partial charge in [-0.05, 0) is 84.4 Å². The number of hydrogen-bond donors (Lipinski definition) is 1. The summed E-state index contributed by atoms with van der Waals surface area (Å²) in [6, 6.07) is 98.7. The first-order chi connectivity index (χ1) is 44.9. The van der Waals surface area contributed by atoms with Gasteiger partial charge in [0.25, 0.3) is 0 Å². The van der Waals surface area contributed by atoms with Gasteiger partial charge in [-0.2, -0.15) is 19.9 Å². The van der Waals surface area contributed by atoms with E-state index in [1.165, 1.54) is 43.5 Å². The van der Waals surface area contributed by atoms with Crippen molar-refractivity contribution in [3.05, 3.63) is 307 Å². The van der Waals surface area contributed by atoms with E-state index in [4.69, 9.17) is 49.8 Å². The van der Waals surface area contributed by atoms with Crippen LogP contribution in [-0.2, 0) is 0 Å². The van der Waals surface area contributed by atoms with E-state index in [0.29, 0.717) is 34.3 Å². The fourth-order valence-electron chi connectivity index (χ4n) is 12.5. The minimum absolute atomic E-state index is 0.202. The van der Waals surface area contributed by atoms with Gasteiger partial charge in [0, 0.05) is 92.3 Å². The van der Waals surface area contributed by atoms with E-state index in [0.717, 1.165) is 82.4 Å². The summed E-state index contributed by atoms with van der Waals surface area (Å²) in [4.78, 5) is 31.8. The summed E-state index contributed by atoms with van der Waals surface area (Å²) in [5, 5.41) is 11.2. The van der Waals surface area contributed by atoms with Crippen molar-refractivity contribution in [2.24, 2.45) is 0 Å². The molecule has 0 spiro atoms. The van der Waals surface area contributed by atoms with Gasteiger partial charge in [0.2, 0.25) is 11.2 Å². The van der Waals surface area contributed by atoms with Gasteiger partial charge in [-0.3, -0.25) is 4.57 Å². The molecule has 18 rings (SSSR count). The molecule has 0 radical (unpaired) electrons. The van der Waals surface area contributed by atoms with Crippen molar-refractivity contribution in [1.82, 2.24) is 48.6 Å². The predicted octanol–water partition coefficient (Wildman–Crippen LogP) is 21.0. The SMILES string of the molecule is Clc1ccc(-n2c3ccccc3c3ccc4c5ccccc5[nH]c4c32)cc1.Clc1ccc(-n2c3ccccc3c3ccc4c5ccccc5n(-c5nc(-c6ccccc6)nc(-c6ccccc6)n5)c4c32)cc1.Clc1nc(-c2ccccc2)nc(-c2ccccc2)n1. The zero-order chi connectivity index (χ0) is 60.9. The maximum absolute atomic E-state index is 6.36. The first-order valence-electron chi connectivity index (χ1n) is 29.7. The molecule has 10 nitrogen and oxygen atoms in total. The van der Waals surface area contributed by atoms with Crippen LogP contribution in [0.25, 0.3) is 150 Å². The lowest BCUT2D eigenvalue weighted by Crippen LogP contribution is -2.07. The zero-order valence-corrected chi connectivity index (χ0v) is 50.6. The number of nitrogens with one attached hydrogen (secondary N) is 1. The van der Waals surface area contributed by atoms with Crippen molar-refractivity contribution >= 4 is 122 Å². The van der Waals surface area contributed by atoms with Gasteiger partial charge in [0.05, 0.1) is 38.6 Å². The fourth-order valence-corrected chi connectivity index (χ4v) is 12.9. The average molecular weight is 1230 g/mol. The Kier molecular flexibility index (Phi) is 14.1. The molecule has 12 aromatic carbocycles. The number of fused-ring (bicyclic) bond motifs is 14. The average Bonchev–Trinajstić information content (AvgIpc) is 1.57. The molecule has 0 aliphatic carbocycles. The number of para-hydroxylation sites is 4. The number of benzene rings is 12. The van der Waals surface area contributed by atoms with Crippen LogP contribution in [0, 0.1) is 0 Å². The van der Waals surface area contributed by atoms with Crippen molar-refractivity contribution < 1.29 is 0 Å². The molecule has 18 aromatic rings. The molecule has 432 valence electrons. The number of hydrogen-bond acceptors (Lipinski definition) is 6. The smallest absolute Gasteiger partial charge is 0.238 e. The summed E-state index contributed by atoms with van der Waals surface area (Å²) in [5.41, 5.74) is 14.8. The number of H-pyrrole nitrogens is 1. The second kappa shape index (κ2) is 23.4. The van der Waals surface area contributed by atoms with E-state index in [1.807, 2.05) is 146 Å². The van der Waals surface area contributed by atoms with Crippen LogP contribution in [0.5, 0.6) is 0 Å². The Labute approximate surface area is 536 Å². The summed E-state index contributed by atoms with van der Waals surface area (Å²) in [6.07, 6.45) is 0. The Hall–Kier alpha value is -11.3. The van der Waals surface area contributed by atoms with Gasteiger partial charge < -0.3 is 14.1 Å². The van der Waals surface area contributed by atoms with E-state index in [2.05, 4.69) is 179 Å². The Balaban J connectivity index is 0.000000121. The Morgan fingerprint density at radius 3 is 1.02 bits per heavy atom. The number of rotatable bonds is 7. The lowest BCUT2D eigenvalue weighted by atomic mass is 10.1. The number of halogens is 3. The molecule has 1 N–H and O–H groups in total. The Morgan fingerprint density at radius 2 is 0.582 bits per heavy atom.